The summed E-state index contributed by atoms with van der Waals surface area (Å²) in [6.07, 6.45) is 70.0. The Labute approximate surface area is 429 Å². The molecule has 0 aliphatic carbocycles. The zero-order valence-corrected chi connectivity index (χ0v) is 46.3. The first-order valence-corrected chi connectivity index (χ1v) is 30.5. The molecule has 0 aliphatic rings. The molecule has 0 saturated carbocycles. The van der Waals surface area contributed by atoms with Gasteiger partial charge in [-0.1, -0.05) is 269 Å². The SMILES string of the molecule is CCCCC/C=C\C/C=C\CCCCCCCCCCCC(=O)OC[C@H](COC(=O)CCCCCCCCCCCCC/C=C\CCCCCCCC)OC(=O)CCCCCCCCCCCCC. The highest BCUT2D eigenvalue weighted by Crippen LogP contribution is 2.17. The van der Waals surface area contributed by atoms with Crippen LogP contribution in [0.15, 0.2) is 36.5 Å². The van der Waals surface area contributed by atoms with Crippen molar-refractivity contribution in [2.45, 2.75) is 335 Å². The molecule has 0 aromatic heterocycles. The third-order valence-electron chi connectivity index (χ3n) is 13.6. The summed E-state index contributed by atoms with van der Waals surface area (Å²) in [5, 5.41) is 0. The van der Waals surface area contributed by atoms with E-state index in [1.54, 1.807) is 0 Å². The predicted octanol–water partition coefficient (Wildman–Crippen LogP) is 20.4. The van der Waals surface area contributed by atoms with Gasteiger partial charge in [-0.25, -0.2) is 0 Å². The number of unbranched alkanes of at least 4 members (excludes halogenated alkanes) is 39. The second-order valence-corrected chi connectivity index (χ2v) is 20.6. The van der Waals surface area contributed by atoms with Gasteiger partial charge in [0.1, 0.15) is 13.2 Å². The molecule has 0 unspecified atom stereocenters. The molecule has 6 heteroatoms. The summed E-state index contributed by atoms with van der Waals surface area (Å²) in [5.41, 5.74) is 0. The molecule has 0 bridgehead atoms. The maximum Gasteiger partial charge on any atom is 0.306 e. The van der Waals surface area contributed by atoms with Gasteiger partial charge in [-0.05, 0) is 77.0 Å². The quantitative estimate of drug-likeness (QED) is 0.0261. The summed E-state index contributed by atoms with van der Waals surface area (Å²) in [5.74, 6) is -0.856. The molecule has 6 nitrogen and oxygen atoms in total. The molecular weight excluding hydrogens is 853 g/mol. The topological polar surface area (TPSA) is 78.9 Å². The Balaban J connectivity index is 4.24. The van der Waals surface area contributed by atoms with Gasteiger partial charge in [0, 0.05) is 19.3 Å². The summed E-state index contributed by atoms with van der Waals surface area (Å²) in [6, 6.07) is 0. The fourth-order valence-electron chi connectivity index (χ4n) is 9.00. The van der Waals surface area contributed by atoms with Gasteiger partial charge in [0.2, 0.25) is 0 Å². The summed E-state index contributed by atoms with van der Waals surface area (Å²) >= 11 is 0. The van der Waals surface area contributed by atoms with E-state index in [0.717, 1.165) is 64.2 Å². The lowest BCUT2D eigenvalue weighted by atomic mass is 10.0. The minimum Gasteiger partial charge on any atom is -0.462 e. The molecule has 0 amide bonds. The summed E-state index contributed by atoms with van der Waals surface area (Å²) in [4.78, 5) is 38.2. The first-order chi connectivity index (χ1) is 34.0. The molecule has 0 heterocycles. The van der Waals surface area contributed by atoms with Crippen LogP contribution in [0.2, 0.25) is 0 Å². The van der Waals surface area contributed by atoms with Crippen LogP contribution in [0.3, 0.4) is 0 Å². The Bertz CT molecular complexity index is 1160. The van der Waals surface area contributed by atoms with Crippen LogP contribution >= 0.6 is 0 Å². The fourth-order valence-corrected chi connectivity index (χ4v) is 9.00. The van der Waals surface area contributed by atoms with Gasteiger partial charge in [0.25, 0.3) is 0 Å². The van der Waals surface area contributed by atoms with Gasteiger partial charge in [0.15, 0.2) is 6.10 Å². The molecule has 404 valence electrons. The molecule has 1 atom stereocenters. The van der Waals surface area contributed by atoms with Crippen molar-refractivity contribution in [1.29, 1.82) is 0 Å². The van der Waals surface area contributed by atoms with E-state index in [4.69, 9.17) is 14.2 Å². The average Bonchev–Trinajstić information content (AvgIpc) is 3.35. The van der Waals surface area contributed by atoms with Crippen LogP contribution in [0.1, 0.15) is 329 Å². The summed E-state index contributed by atoms with van der Waals surface area (Å²) in [6.45, 7) is 6.65. The lowest BCUT2D eigenvalue weighted by molar-refractivity contribution is -0.167. The van der Waals surface area contributed by atoms with Crippen molar-refractivity contribution in [2.24, 2.45) is 0 Å². The number of hydrogen-bond donors (Lipinski definition) is 0. The van der Waals surface area contributed by atoms with E-state index < -0.39 is 6.10 Å². The zero-order chi connectivity index (χ0) is 50.0. The standard InChI is InChI=1S/C63H116O6/c1-4-7-10-13-16-19-22-24-26-28-30-31-33-35-37-39-42-44-47-50-53-56-62(65)68-59-60(69-63(66)57-54-51-48-45-40-21-18-15-12-9-6-3)58-67-61(64)55-52-49-46-43-41-38-36-34-32-29-27-25-23-20-17-14-11-8-5-2/h17,20,24-27,60H,4-16,18-19,21-23,28-59H2,1-3H3/b20-17-,26-24-,27-25-/t60-/m1/s1. The number of ether oxygens (including phenoxy) is 3. The molecule has 0 spiro atoms. The fraction of sp³-hybridized carbons (Fsp3) is 0.857. The summed E-state index contributed by atoms with van der Waals surface area (Å²) < 4.78 is 16.9. The van der Waals surface area contributed by atoms with Crippen molar-refractivity contribution in [3.8, 4) is 0 Å². The van der Waals surface area contributed by atoms with Crippen molar-refractivity contribution in [3.63, 3.8) is 0 Å². The second kappa shape index (κ2) is 58.2. The highest BCUT2D eigenvalue weighted by molar-refractivity contribution is 5.71. The molecule has 0 fully saturated rings. The second-order valence-electron chi connectivity index (χ2n) is 20.6. The molecular formula is C63H116O6. The Morgan fingerprint density at radius 3 is 0.841 bits per heavy atom. The van der Waals surface area contributed by atoms with Crippen molar-refractivity contribution in [2.75, 3.05) is 13.2 Å². The number of carbonyl (C=O) groups is 3. The monoisotopic (exact) mass is 969 g/mol. The number of hydrogen-bond acceptors (Lipinski definition) is 6. The first-order valence-electron chi connectivity index (χ1n) is 30.5. The third kappa shape index (κ3) is 56.4. The molecule has 0 N–H and O–H groups in total. The number of allylic oxidation sites excluding steroid dienone is 6. The maximum atomic E-state index is 12.8. The van der Waals surface area contributed by atoms with Crippen LogP contribution < -0.4 is 0 Å². The van der Waals surface area contributed by atoms with E-state index >= 15 is 0 Å². The minimum absolute atomic E-state index is 0.0698. The molecule has 0 saturated heterocycles. The molecule has 0 radical (unpaired) electrons. The van der Waals surface area contributed by atoms with Gasteiger partial charge in [-0.2, -0.15) is 0 Å². The smallest absolute Gasteiger partial charge is 0.306 e. The molecule has 69 heavy (non-hydrogen) atoms. The van der Waals surface area contributed by atoms with Crippen LogP contribution in [-0.2, 0) is 28.6 Å². The van der Waals surface area contributed by atoms with Gasteiger partial charge in [-0.3, -0.25) is 14.4 Å². The van der Waals surface area contributed by atoms with E-state index in [1.165, 1.54) is 225 Å². The number of carbonyl (C=O) groups excluding carboxylic acids is 3. The van der Waals surface area contributed by atoms with Gasteiger partial charge in [-0.15, -0.1) is 0 Å². The normalized spacial score (nSPS) is 12.2. The molecule has 0 aromatic carbocycles. The van der Waals surface area contributed by atoms with E-state index in [0.29, 0.717) is 19.3 Å². The van der Waals surface area contributed by atoms with Crippen molar-refractivity contribution >= 4 is 17.9 Å². The van der Waals surface area contributed by atoms with Crippen LogP contribution in [0.5, 0.6) is 0 Å². The van der Waals surface area contributed by atoms with Gasteiger partial charge in [0.05, 0.1) is 0 Å². The Kier molecular flexibility index (Phi) is 56.2. The molecule has 0 aliphatic heterocycles. The maximum absolute atomic E-state index is 12.8. The van der Waals surface area contributed by atoms with E-state index in [-0.39, 0.29) is 31.1 Å². The highest BCUT2D eigenvalue weighted by atomic mass is 16.6. The zero-order valence-electron chi connectivity index (χ0n) is 46.3. The Morgan fingerprint density at radius 2 is 0.522 bits per heavy atom. The molecule has 0 aromatic rings. The largest absolute Gasteiger partial charge is 0.462 e. The minimum atomic E-state index is -0.770. The van der Waals surface area contributed by atoms with E-state index in [2.05, 4.69) is 57.2 Å². The van der Waals surface area contributed by atoms with Gasteiger partial charge >= 0.3 is 17.9 Å². The predicted molar refractivity (Wildman–Crippen MR) is 298 cm³/mol. The number of rotatable bonds is 56. The Hall–Kier alpha value is -2.37. The number of esters is 3. The van der Waals surface area contributed by atoms with Gasteiger partial charge < -0.3 is 14.2 Å². The van der Waals surface area contributed by atoms with Crippen LogP contribution in [0.25, 0.3) is 0 Å². The average molecular weight is 970 g/mol. The van der Waals surface area contributed by atoms with Crippen LogP contribution in [0.4, 0.5) is 0 Å². The van der Waals surface area contributed by atoms with E-state index in [9.17, 15) is 14.4 Å². The molecule has 0 rings (SSSR count). The highest BCUT2D eigenvalue weighted by Gasteiger charge is 2.19. The lowest BCUT2D eigenvalue weighted by Gasteiger charge is -2.18. The van der Waals surface area contributed by atoms with Crippen molar-refractivity contribution in [3.05, 3.63) is 36.5 Å². The Morgan fingerprint density at radius 1 is 0.290 bits per heavy atom. The lowest BCUT2D eigenvalue weighted by Crippen LogP contribution is -2.30. The van der Waals surface area contributed by atoms with E-state index in [1.807, 2.05) is 0 Å². The summed E-state index contributed by atoms with van der Waals surface area (Å²) in [7, 11) is 0. The first kappa shape index (κ1) is 66.6. The van der Waals surface area contributed by atoms with Crippen LogP contribution in [-0.4, -0.2) is 37.2 Å². The van der Waals surface area contributed by atoms with Crippen molar-refractivity contribution in [1.82, 2.24) is 0 Å². The van der Waals surface area contributed by atoms with Crippen molar-refractivity contribution < 1.29 is 28.6 Å². The van der Waals surface area contributed by atoms with Crippen LogP contribution in [0, 0.1) is 0 Å². The third-order valence-corrected chi connectivity index (χ3v) is 13.6.